The third-order valence-electron chi connectivity index (χ3n) is 3.11. The fourth-order valence-corrected chi connectivity index (χ4v) is 2.82. The first-order chi connectivity index (χ1) is 11.7. The normalized spacial score (nSPS) is 11.7. The highest BCUT2D eigenvalue weighted by atomic mass is 35.5. The predicted molar refractivity (Wildman–Crippen MR) is 98.6 cm³/mol. The predicted octanol–water partition coefficient (Wildman–Crippen LogP) is 5.40. The number of nitrogens with one attached hydrogen (secondary N) is 1. The molecule has 0 bridgehead atoms. The molecule has 0 aliphatic carbocycles. The molecule has 0 heterocycles. The number of anilines is 1. The molecule has 0 saturated carbocycles. The topological polar surface area (TPSA) is 75.6 Å². The maximum absolute atomic E-state index is 12.3. The smallest absolute Gasteiger partial charge is 0.337 e. The second-order valence-corrected chi connectivity index (χ2v) is 6.60. The highest BCUT2D eigenvalue weighted by Crippen LogP contribution is 2.31. The molecular formula is C16H11Cl4NO4. The second-order valence-electron chi connectivity index (χ2n) is 4.94. The Balaban J connectivity index is 2.16. The zero-order chi connectivity index (χ0) is 18.7. The van der Waals surface area contributed by atoms with Crippen molar-refractivity contribution < 1.29 is 19.4 Å². The minimum absolute atomic E-state index is 0.0345. The molecule has 0 spiro atoms. The Labute approximate surface area is 163 Å². The van der Waals surface area contributed by atoms with Crippen molar-refractivity contribution in [3.05, 3.63) is 56.0 Å². The van der Waals surface area contributed by atoms with E-state index in [9.17, 15) is 9.59 Å². The summed E-state index contributed by atoms with van der Waals surface area (Å²) in [6.45, 7) is 1.50. The quantitative estimate of drug-likeness (QED) is 0.675. The minimum Gasteiger partial charge on any atom is -0.479 e. The number of benzene rings is 2. The first-order valence-electron chi connectivity index (χ1n) is 6.84. The molecule has 1 amide bonds. The number of amides is 1. The van der Waals surface area contributed by atoms with Gasteiger partial charge in [0.2, 0.25) is 0 Å². The van der Waals surface area contributed by atoms with E-state index in [-0.39, 0.29) is 32.1 Å². The van der Waals surface area contributed by atoms with Gasteiger partial charge >= 0.3 is 5.97 Å². The second kappa shape index (κ2) is 8.15. The van der Waals surface area contributed by atoms with E-state index in [1.807, 2.05) is 0 Å². The van der Waals surface area contributed by atoms with E-state index >= 15 is 0 Å². The highest BCUT2D eigenvalue weighted by Gasteiger charge is 2.19. The van der Waals surface area contributed by atoms with E-state index in [4.69, 9.17) is 56.2 Å². The molecule has 0 unspecified atom stereocenters. The van der Waals surface area contributed by atoms with Gasteiger partial charge in [-0.25, -0.2) is 4.79 Å². The molecule has 1 atom stereocenters. The largest absolute Gasteiger partial charge is 0.479 e. The number of carbonyl (C=O) groups excluding carboxylic acids is 1. The van der Waals surface area contributed by atoms with Gasteiger partial charge in [0.15, 0.2) is 6.10 Å². The molecule has 2 aromatic rings. The maximum atomic E-state index is 12.3. The number of rotatable bonds is 5. The molecule has 0 aliphatic rings. The molecule has 0 aromatic heterocycles. The number of aromatic carboxylic acids is 1. The van der Waals surface area contributed by atoms with Crippen LogP contribution >= 0.6 is 46.4 Å². The van der Waals surface area contributed by atoms with Crippen molar-refractivity contribution in [3.8, 4) is 5.75 Å². The average molecular weight is 423 g/mol. The number of halogens is 4. The number of carbonyl (C=O) groups is 2. The SMILES string of the molecule is C[C@H](Oc1ccc(Cl)cc1Cl)C(=O)Nc1cc(C(=O)O)c(Cl)cc1Cl. The van der Waals surface area contributed by atoms with E-state index in [2.05, 4.69) is 5.32 Å². The minimum atomic E-state index is -1.24. The van der Waals surface area contributed by atoms with Gasteiger partial charge in [-0.15, -0.1) is 0 Å². The fraction of sp³-hybridized carbons (Fsp3) is 0.125. The van der Waals surface area contributed by atoms with Gasteiger partial charge < -0.3 is 15.2 Å². The van der Waals surface area contributed by atoms with Gasteiger partial charge in [-0.2, -0.15) is 0 Å². The maximum Gasteiger partial charge on any atom is 0.337 e. The Kier molecular flexibility index (Phi) is 6.41. The lowest BCUT2D eigenvalue weighted by Gasteiger charge is -2.16. The third-order valence-corrected chi connectivity index (χ3v) is 4.27. The van der Waals surface area contributed by atoms with E-state index in [0.717, 1.165) is 0 Å². The van der Waals surface area contributed by atoms with Crippen molar-refractivity contribution in [2.24, 2.45) is 0 Å². The summed E-state index contributed by atoms with van der Waals surface area (Å²) in [5.41, 5.74) is -0.0817. The third kappa shape index (κ3) is 4.92. The first kappa shape index (κ1) is 19.7. The van der Waals surface area contributed by atoms with Gasteiger partial charge in [0.05, 0.1) is 26.3 Å². The van der Waals surface area contributed by atoms with Crippen LogP contribution in [0.4, 0.5) is 5.69 Å². The molecule has 0 saturated heterocycles. The van der Waals surface area contributed by atoms with Crippen molar-refractivity contribution in [2.75, 3.05) is 5.32 Å². The van der Waals surface area contributed by atoms with Crippen LogP contribution in [0.1, 0.15) is 17.3 Å². The summed E-state index contributed by atoms with van der Waals surface area (Å²) in [7, 11) is 0. The monoisotopic (exact) mass is 421 g/mol. The van der Waals surface area contributed by atoms with Crippen LogP contribution in [0.25, 0.3) is 0 Å². The molecule has 2 aromatic carbocycles. The van der Waals surface area contributed by atoms with Gasteiger partial charge in [-0.05, 0) is 37.3 Å². The average Bonchev–Trinajstić information content (AvgIpc) is 2.52. The van der Waals surface area contributed by atoms with E-state index < -0.39 is 18.0 Å². The Hall–Kier alpha value is -1.66. The van der Waals surface area contributed by atoms with Crippen molar-refractivity contribution in [2.45, 2.75) is 13.0 Å². The molecule has 132 valence electrons. The summed E-state index contributed by atoms with van der Waals surface area (Å²) in [6.07, 6.45) is -0.932. The van der Waals surface area contributed by atoms with Gasteiger partial charge in [0.1, 0.15) is 5.75 Å². The molecule has 9 heteroatoms. The number of ether oxygens (including phenoxy) is 1. The lowest BCUT2D eigenvalue weighted by atomic mass is 10.2. The Morgan fingerprint density at radius 3 is 2.32 bits per heavy atom. The first-order valence-corrected chi connectivity index (χ1v) is 8.35. The van der Waals surface area contributed by atoms with Crippen LogP contribution in [0.5, 0.6) is 5.75 Å². The van der Waals surface area contributed by atoms with Gasteiger partial charge in [0.25, 0.3) is 5.91 Å². The molecule has 0 fully saturated rings. The molecule has 5 nitrogen and oxygen atoms in total. The number of carboxylic acid groups (broad SMARTS) is 1. The molecule has 0 aliphatic heterocycles. The summed E-state index contributed by atoms with van der Waals surface area (Å²) in [5.74, 6) is -1.51. The number of hydrogen-bond acceptors (Lipinski definition) is 3. The Bertz CT molecular complexity index is 841. The van der Waals surface area contributed by atoms with Crippen LogP contribution in [0.2, 0.25) is 20.1 Å². The zero-order valence-corrected chi connectivity index (χ0v) is 15.7. The molecular weight excluding hydrogens is 412 g/mol. The summed E-state index contributed by atoms with van der Waals surface area (Å²) in [6, 6.07) is 7.00. The highest BCUT2D eigenvalue weighted by molar-refractivity contribution is 6.38. The molecule has 2 N–H and O–H groups in total. The van der Waals surface area contributed by atoms with Crippen molar-refractivity contribution >= 4 is 64.0 Å². The van der Waals surface area contributed by atoms with Crippen molar-refractivity contribution in [3.63, 3.8) is 0 Å². The molecule has 2 rings (SSSR count). The lowest BCUT2D eigenvalue weighted by Crippen LogP contribution is -2.30. The van der Waals surface area contributed by atoms with E-state index in [0.29, 0.717) is 5.02 Å². The molecule has 0 radical (unpaired) electrons. The van der Waals surface area contributed by atoms with E-state index in [1.54, 1.807) is 6.07 Å². The van der Waals surface area contributed by atoms with E-state index in [1.165, 1.54) is 31.2 Å². The van der Waals surface area contributed by atoms with Crippen LogP contribution in [-0.4, -0.2) is 23.1 Å². The van der Waals surface area contributed by atoms with Crippen LogP contribution in [0.15, 0.2) is 30.3 Å². The fourth-order valence-electron chi connectivity index (χ4n) is 1.86. The zero-order valence-electron chi connectivity index (χ0n) is 12.6. The number of hydrogen-bond donors (Lipinski definition) is 2. The Morgan fingerprint density at radius 2 is 1.72 bits per heavy atom. The lowest BCUT2D eigenvalue weighted by molar-refractivity contribution is -0.122. The standard InChI is InChI=1S/C16H11Cl4NO4/c1-7(25-14-3-2-8(17)4-12(14)20)15(22)21-13-5-9(16(23)24)10(18)6-11(13)19/h2-7H,1H3,(H,21,22)(H,23,24)/t7-/m0/s1. The van der Waals surface area contributed by atoms with Gasteiger partial charge in [-0.1, -0.05) is 46.4 Å². The summed E-state index contributed by atoms with van der Waals surface area (Å²) < 4.78 is 5.49. The summed E-state index contributed by atoms with van der Waals surface area (Å²) >= 11 is 23.6. The van der Waals surface area contributed by atoms with Crippen molar-refractivity contribution in [1.82, 2.24) is 0 Å². The van der Waals surface area contributed by atoms with Crippen LogP contribution in [-0.2, 0) is 4.79 Å². The van der Waals surface area contributed by atoms with Gasteiger partial charge in [-0.3, -0.25) is 4.79 Å². The number of carboxylic acids is 1. The molecule has 25 heavy (non-hydrogen) atoms. The van der Waals surface area contributed by atoms with Crippen LogP contribution in [0, 0.1) is 0 Å². The van der Waals surface area contributed by atoms with Crippen molar-refractivity contribution in [1.29, 1.82) is 0 Å². The Morgan fingerprint density at radius 1 is 1.04 bits per heavy atom. The van der Waals surface area contributed by atoms with Gasteiger partial charge in [0, 0.05) is 5.02 Å². The van der Waals surface area contributed by atoms with Crippen LogP contribution < -0.4 is 10.1 Å². The van der Waals surface area contributed by atoms with Crippen LogP contribution in [0.3, 0.4) is 0 Å². The summed E-state index contributed by atoms with van der Waals surface area (Å²) in [4.78, 5) is 23.4. The summed E-state index contributed by atoms with van der Waals surface area (Å²) in [5, 5.41) is 12.3.